The molecule has 3 aromatic rings. The summed E-state index contributed by atoms with van der Waals surface area (Å²) >= 11 is 0. The van der Waals surface area contributed by atoms with Crippen molar-refractivity contribution in [3.63, 3.8) is 0 Å². The average molecular weight is 428 g/mol. The van der Waals surface area contributed by atoms with Crippen molar-refractivity contribution in [2.45, 2.75) is 32.8 Å². The van der Waals surface area contributed by atoms with E-state index in [1.807, 2.05) is 0 Å². The molecular formula is C22H21FN2O6. The molecular weight excluding hydrogens is 407 g/mol. The van der Waals surface area contributed by atoms with E-state index >= 15 is 0 Å². The first-order valence-electron chi connectivity index (χ1n) is 9.51. The van der Waals surface area contributed by atoms with Gasteiger partial charge in [-0.05, 0) is 45.0 Å². The molecule has 9 heteroatoms. The molecule has 0 radical (unpaired) electrons. The molecule has 31 heavy (non-hydrogen) atoms. The quantitative estimate of drug-likeness (QED) is 0.447. The van der Waals surface area contributed by atoms with Crippen molar-refractivity contribution in [2.24, 2.45) is 0 Å². The lowest BCUT2D eigenvalue weighted by atomic mass is 10.1. The van der Waals surface area contributed by atoms with Gasteiger partial charge in [-0.15, -0.1) is 0 Å². The first-order valence-corrected chi connectivity index (χ1v) is 9.51. The van der Waals surface area contributed by atoms with E-state index in [0.717, 1.165) is 0 Å². The maximum atomic E-state index is 14.1. The standard InChI is InChI=1S/C22H21FN2O6/c1-4-29-21(27)15-10-7-9-14(18(15)30-17(26)12-22(2,3)28)19-24-20(31-25-19)13-8-5-6-11-16(13)23/h5-11,28H,4,12H2,1-3H3. The highest BCUT2D eigenvalue weighted by Crippen LogP contribution is 2.34. The normalized spacial score (nSPS) is 11.3. The molecule has 2 aromatic carbocycles. The molecule has 162 valence electrons. The van der Waals surface area contributed by atoms with Crippen LogP contribution in [0.4, 0.5) is 4.39 Å². The van der Waals surface area contributed by atoms with Crippen LogP contribution in [0.2, 0.25) is 0 Å². The Kier molecular flexibility index (Phi) is 6.45. The largest absolute Gasteiger partial charge is 0.462 e. The minimum absolute atomic E-state index is 0.0181. The van der Waals surface area contributed by atoms with Crippen LogP contribution < -0.4 is 4.74 Å². The van der Waals surface area contributed by atoms with Gasteiger partial charge in [-0.3, -0.25) is 4.79 Å². The molecule has 1 aromatic heterocycles. The van der Waals surface area contributed by atoms with Crippen LogP contribution >= 0.6 is 0 Å². The second kappa shape index (κ2) is 9.05. The van der Waals surface area contributed by atoms with Crippen LogP contribution in [0.3, 0.4) is 0 Å². The van der Waals surface area contributed by atoms with Gasteiger partial charge in [-0.1, -0.05) is 23.4 Å². The second-order valence-electron chi connectivity index (χ2n) is 7.27. The van der Waals surface area contributed by atoms with Crippen molar-refractivity contribution in [3.05, 3.63) is 53.8 Å². The number of ether oxygens (including phenoxy) is 2. The lowest BCUT2D eigenvalue weighted by Crippen LogP contribution is -2.26. The lowest BCUT2D eigenvalue weighted by molar-refractivity contribution is -0.138. The van der Waals surface area contributed by atoms with Crippen molar-refractivity contribution in [1.82, 2.24) is 10.1 Å². The summed E-state index contributed by atoms with van der Waals surface area (Å²) in [6.07, 6.45) is -0.323. The van der Waals surface area contributed by atoms with E-state index in [2.05, 4.69) is 10.1 Å². The third-order valence-electron chi connectivity index (χ3n) is 4.07. The predicted octanol–water partition coefficient (Wildman–Crippen LogP) is 3.79. The minimum atomic E-state index is -1.32. The molecule has 0 atom stereocenters. The van der Waals surface area contributed by atoms with Gasteiger partial charge in [0.2, 0.25) is 5.82 Å². The molecule has 0 fully saturated rings. The molecule has 0 saturated heterocycles. The fourth-order valence-electron chi connectivity index (χ4n) is 2.77. The van der Waals surface area contributed by atoms with Crippen LogP contribution in [0.1, 0.15) is 37.6 Å². The molecule has 0 aliphatic rings. The number of aliphatic hydroxyl groups is 1. The first kappa shape index (κ1) is 22.1. The summed E-state index contributed by atoms with van der Waals surface area (Å²) in [4.78, 5) is 29.0. The predicted molar refractivity (Wildman–Crippen MR) is 108 cm³/mol. The number of carbonyl (C=O) groups is 2. The molecule has 3 rings (SSSR count). The van der Waals surface area contributed by atoms with Gasteiger partial charge in [0, 0.05) is 0 Å². The molecule has 0 unspecified atom stereocenters. The number of nitrogens with zero attached hydrogens (tertiary/aromatic N) is 2. The van der Waals surface area contributed by atoms with Gasteiger partial charge in [0.25, 0.3) is 5.89 Å². The van der Waals surface area contributed by atoms with Gasteiger partial charge >= 0.3 is 11.9 Å². The third kappa shape index (κ3) is 5.32. The van der Waals surface area contributed by atoms with Gasteiger partial charge in [-0.25, -0.2) is 9.18 Å². The van der Waals surface area contributed by atoms with Crippen LogP contribution in [0.5, 0.6) is 5.75 Å². The van der Waals surface area contributed by atoms with E-state index in [-0.39, 0.29) is 47.2 Å². The summed E-state index contributed by atoms with van der Waals surface area (Å²) in [5.41, 5.74) is -1.08. The minimum Gasteiger partial charge on any atom is -0.462 e. The Morgan fingerprint density at radius 3 is 2.52 bits per heavy atom. The summed E-state index contributed by atoms with van der Waals surface area (Å²) in [7, 11) is 0. The number of rotatable bonds is 7. The van der Waals surface area contributed by atoms with E-state index in [1.165, 1.54) is 50.2 Å². The summed E-state index contributed by atoms with van der Waals surface area (Å²) < 4.78 is 29.7. The van der Waals surface area contributed by atoms with E-state index in [9.17, 15) is 19.1 Å². The summed E-state index contributed by atoms with van der Waals surface area (Å²) in [5.74, 6) is -2.28. The summed E-state index contributed by atoms with van der Waals surface area (Å²) in [6.45, 7) is 4.65. The van der Waals surface area contributed by atoms with Gasteiger partial charge in [0.05, 0.1) is 29.8 Å². The fourth-order valence-corrected chi connectivity index (χ4v) is 2.77. The van der Waals surface area contributed by atoms with Gasteiger partial charge in [0.1, 0.15) is 11.4 Å². The lowest BCUT2D eigenvalue weighted by Gasteiger charge is -2.17. The van der Waals surface area contributed by atoms with Crippen molar-refractivity contribution >= 4 is 11.9 Å². The highest BCUT2D eigenvalue weighted by molar-refractivity contribution is 5.96. The molecule has 1 N–H and O–H groups in total. The Morgan fingerprint density at radius 2 is 1.84 bits per heavy atom. The van der Waals surface area contributed by atoms with Crippen LogP contribution in [-0.4, -0.2) is 39.4 Å². The zero-order chi connectivity index (χ0) is 22.6. The monoisotopic (exact) mass is 428 g/mol. The van der Waals surface area contributed by atoms with Gasteiger partial charge in [-0.2, -0.15) is 4.98 Å². The van der Waals surface area contributed by atoms with E-state index in [4.69, 9.17) is 14.0 Å². The molecule has 8 nitrogen and oxygen atoms in total. The molecule has 0 saturated carbocycles. The number of benzene rings is 2. The number of aromatic nitrogens is 2. The van der Waals surface area contributed by atoms with Gasteiger partial charge < -0.3 is 19.1 Å². The van der Waals surface area contributed by atoms with Crippen molar-refractivity contribution in [2.75, 3.05) is 6.61 Å². The second-order valence-corrected chi connectivity index (χ2v) is 7.27. The van der Waals surface area contributed by atoms with E-state index in [1.54, 1.807) is 13.0 Å². The van der Waals surface area contributed by atoms with Gasteiger partial charge in [0.15, 0.2) is 5.75 Å². The molecule has 0 spiro atoms. The number of hydrogen-bond acceptors (Lipinski definition) is 8. The maximum absolute atomic E-state index is 14.1. The Balaban J connectivity index is 2.06. The number of hydrogen-bond donors (Lipinski definition) is 1. The van der Waals surface area contributed by atoms with Crippen LogP contribution in [-0.2, 0) is 9.53 Å². The Morgan fingerprint density at radius 1 is 1.13 bits per heavy atom. The molecule has 1 heterocycles. The SMILES string of the molecule is CCOC(=O)c1cccc(-c2noc(-c3ccccc3F)n2)c1OC(=O)CC(C)(C)O. The van der Waals surface area contributed by atoms with Crippen LogP contribution in [0.15, 0.2) is 47.0 Å². The third-order valence-corrected chi connectivity index (χ3v) is 4.07. The Labute approximate surface area is 177 Å². The molecule has 0 aliphatic carbocycles. The van der Waals surface area contributed by atoms with E-state index < -0.39 is 23.4 Å². The zero-order valence-corrected chi connectivity index (χ0v) is 17.2. The van der Waals surface area contributed by atoms with Crippen LogP contribution in [0, 0.1) is 5.82 Å². The Hall–Kier alpha value is -3.59. The fraction of sp³-hybridized carbons (Fsp3) is 0.273. The van der Waals surface area contributed by atoms with E-state index in [0.29, 0.717) is 0 Å². The Bertz CT molecular complexity index is 1100. The van der Waals surface area contributed by atoms with Crippen LogP contribution in [0.25, 0.3) is 22.8 Å². The smallest absolute Gasteiger partial charge is 0.341 e. The zero-order valence-electron chi connectivity index (χ0n) is 17.2. The molecule has 0 amide bonds. The summed E-state index contributed by atoms with van der Waals surface area (Å²) in [5, 5.41) is 13.8. The average Bonchev–Trinajstić information content (AvgIpc) is 3.17. The maximum Gasteiger partial charge on any atom is 0.341 e. The number of esters is 2. The van der Waals surface area contributed by atoms with Crippen molar-refractivity contribution < 1.29 is 33.1 Å². The van der Waals surface area contributed by atoms with Crippen molar-refractivity contribution in [3.8, 4) is 28.6 Å². The topological polar surface area (TPSA) is 112 Å². The summed E-state index contributed by atoms with van der Waals surface area (Å²) in [6, 6.07) is 10.4. The number of halogens is 1. The van der Waals surface area contributed by atoms with Crippen molar-refractivity contribution in [1.29, 1.82) is 0 Å². The molecule has 0 aliphatic heterocycles. The highest BCUT2D eigenvalue weighted by atomic mass is 19.1. The highest BCUT2D eigenvalue weighted by Gasteiger charge is 2.26. The molecule has 0 bridgehead atoms. The number of carbonyl (C=O) groups excluding carboxylic acids is 2. The first-order chi connectivity index (χ1) is 14.7. The number of para-hydroxylation sites is 1.